The van der Waals surface area contributed by atoms with Crippen LogP contribution < -0.4 is 11.1 Å². The van der Waals surface area contributed by atoms with E-state index in [1.54, 1.807) is 4.68 Å². The normalized spacial score (nSPS) is 14.2. The molecule has 3 heterocycles. The van der Waals surface area contributed by atoms with Crippen LogP contribution in [0.2, 0.25) is 0 Å². The monoisotopic (exact) mass is 393 g/mol. The van der Waals surface area contributed by atoms with Crippen molar-refractivity contribution in [1.82, 2.24) is 24.2 Å². The molecule has 1 N–H and O–H groups in total. The number of aromatic amines is 1. The fourth-order valence-corrected chi connectivity index (χ4v) is 4.05. The number of fused-ring (bicyclic) bond motifs is 1. The molecule has 0 saturated heterocycles. The van der Waals surface area contributed by atoms with Gasteiger partial charge in [-0.1, -0.05) is 25.1 Å². The maximum Gasteiger partial charge on any atom is 0.276 e. The van der Waals surface area contributed by atoms with Crippen LogP contribution in [0.1, 0.15) is 41.7 Å². The molecule has 1 aliphatic rings. The van der Waals surface area contributed by atoms with E-state index >= 15 is 0 Å². The third-order valence-electron chi connectivity index (χ3n) is 5.74. The SMILES string of the molecule is CCCc1nc2c(c(=O)[nH]1)CN(Cc1c(C)n(C)n(-c3ccccc3)c1=O)CC2. The molecule has 1 aromatic carbocycles. The Morgan fingerprint density at radius 2 is 1.93 bits per heavy atom. The molecule has 0 amide bonds. The summed E-state index contributed by atoms with van der Waals surface area (Å²) in [5, 5.41) is 0. The van der Waals surface area contributed by atoms with Gasteiger partial charge >= 0.3 is 0 Å². The number of nitrogens with zero attached hydrogens (tertiary/aromatic N) is 4. The summed E-state index contributed by atoms with van der Waals surface area (Å²) in [5.41, 5.74) is 4.14. The molecule has 0 radical (unpaired) electrons. The van der Waals surface area contributed by atoms with Gasteiger partial charge in [-0.05, 0) is 25.5 Å². The predicted octanol–water partition coefficient (Wildman–Crippen LogP) is 2.08. The maximum atomic E-state index is 13.1. The number of para-hydroxylation sites is 1. The van der Waals surface area contributed by atoms with Crippen molar-refractivity contribution in [3.63, 3.8) is 0 Å². The van der Waals surface area contributed by atoms with Gasteiger partial charge in [-0.3, -0.25) is 19.2 Å². The van der Waals surface area contributed by atoms with Crippen LogP contribution in [0.4, 0.5) is 0 Å². The van der Waals surface area contributed by atoms with Crippen molar-refractivity contribution in [1.29, 1.82) is 0 Å². The van der Waals surface area contributed by atoms with Gasteiger partial charge < -0.3 is 4.98 Å². The van der Waals surface area contributed by atoms with Gasteiger partial charge in [-0.15, -0.1) is 0 Å². The van der Waals surface area contributed by atoms with Crippen molar-refractivity contribution >= 4 is 0 Å². The van der Waals surface area contributed by atoms with Crippen molar-refractivity contribution in [3.8, 4) is 5.69 Å². The number of rotatable bonds is 5. The summed E-state index contributed by atoms with van der Waals surface area (Å²) in [4.78, 5) is 35.4. The van der Waals surface area contributed by atoms with Gasteiger partial charge in [0, 0.05) is 45.2 Å². The second-order valence-corrected chi connectivity index (χ2v) is 7.69. The molecule has 29 heavy (non-hydrogen) atoms. The Balaban J connectivity index is 1.62. The lowest BCUT2D eigenvalue weighted by Crippen LogP contribution is -2.37. The molecule has 1 aliphatic heterocycles. The molecule has 4 rings (SSSR count). The van der Waals surface area contributed by atoms with Gasteiger partial charge in [0.05, 0.1) is 22.5 Å². The summed E-state index contributed by atoms with van der Waals surface area (Å²) in [6.45, 7) is 5.87. The van der Waals surface area contributed by atoms with Gasteiger partial charge in [0.1, 0.15) is 5.82 Å². The minimum absolute atomic E-state index is 0.00711. The Bertz CT molecular complexity index is 1140. The van der Waals surface area contributed by atoms with Gasteiger partial charge in [0.2, 0.25) is 0 Å². The van der Waals surface area contributed by atoms with E-state index in [2.05, 4.69) is 21.8 Å². The first kappa shape index (κ1) is 19.4. The third kappa shape index (κ3) is 3.58. The summed E-state index contributed by atoms with van der Waals surface area (Å²) in [7, 11) is 1.91. The molecule has 2 aromatic heterocycles. The minimum Gasteiger partial charge on any atom is -0.310 e. The first-order valence-corrected chi connectivity index (χ1v) is 10.2. The van der Waals surface area contributed by atoms with Crippen LogP contribution >= 0.6 is 0 Å². The van der Waals surface area contributed by atoms with Crippen molar-refractivity contribution in [3.05, 3.63) is 79.4 Å². The predicted molar refractivity (Wildman–Crippen MR) is 112 cm³/mol. The summed E-state index contributed by atoms with van der Waals surface area (Å²) in [6.07, 6.45) is 2.47. The lowest BCUT2D eigenvalue weighted by molar-refractivity contribution is 0.240. The molecule has 0 bridgehead atoms. The average Bonchev–Trinajstić information content (AvgIpc) is 2.92. The van der Waals surface area contributed by atoms with Crippen LogP contribution in [0, 0.1) is 6.92 Å². The lowest BCUT2D eigenvalue weighted by Gasteiger charge is -2.27. The molecule has 0 aliphatic carbocycles. The largest absolute Gasteiger partial charge is 0.310 e. The zero-order valence-electron chi connectivity index (χ0n) is 17.2. The van der Waals surface area contributed by atoms with E-state index in [1.807, 2.05) is 49.0 Å². The third-order valence-corrected chi connectivity index (χ3v) is 5.74. The van der Waals surface area contributed by atoms with Crippen LogP contribution in [0.5, 0.6) is 0 Å². The Hall–Kier alpha value is -2.93. The van der Waals surface area contributed by atoms with Crippen LogP contribution in [-0.2, 0) is 33.0 Å². The molecule has 7 heteroatoms. The number of hydrogen-bond donors (Lipinski definition) is 1. The number of benzene rings is 1. The number of H-pyrrole nitrogens is 1. The highest BCUT2D eigenvalue weighted by atomic mass is 16.1. The standard InChI is InChI=1S/C22H27N5O2/c1-4-8-20-23-19-11-12-26(14-18(19)21(28)24-20)13-17-15(2)25(3)27(22(17)29)16-9-6-5-7-10-16/h5-7,9-10H,4,8,11-14H2,1-3H3,(H,23,24,28). The first-order chi connectivity index (χ1) is 14.0. The highest BCUT2D eigenvalue weighted by Gasteiger charge is 2.24. The number of nitrogens with one attached hydrogen (secondary N) is 1. The van der Waals surface area contributed by atoms with Crippen molar-refractivity contribution in [2.24, 2.45) is 7.05 Å². The lowest BCUT2D eigenvalue weighted by atomic mass is 10.1. The smallest absolute Gasteiger partial charge is 0.276 e. The van der Waals surface area contributed by atoms with Crippen molar-refractivity contribution < 1.29 is 0 Å². The topological polar surface area (TPSA) is 75.9 Å². The summed E-state index contributed by atoms with van der Waals surface area (Å²) in [5.74, 6) is 0.773. The van der Waals surface area contributed by atoms with E-state index in [9.17, 15) is 9.59 Å². The zero-order chi connectivity index (χ0) is 20.5. The zero-order valence-corrected chi connectivity index (χ0v) is 17.2. The summed E-state index contributed by atoms with van der Waals surface area (Å²) >= 11 is 0. The Morgan fingerprint density at radius 3 is 2.66 bits per heavy atom. The van der Waals surface area contributed by atoms with E-state index in [0.717, 1.165) is 59.8 Å². The van der Waals surface area contributed by atoms with Gasteiger partial charge in [-0.25, -0.2) is 9.67 Å². The molecular formula is C22H27N5O2. The van der Waals surface area contributed by atoms with Crippen molar-refractivity contribution in [2.75, 3.05) is 6.54 Å². The number of aryl methyl sites for hydroxylation is 1. The van der Waals surface area contributed by atoms with E-state index in [1.165, 1.54) is 0 Å². The van der Waals surface area contributed by atoms with Crippen molar-refractivity contribution in [2.45, 2.75) is 46.2 Å². The summed E-state index contributed by atoms with van der Waals surface area (Å²) < 4.78 is 3.60. The fourth-order valence-electron chi connectivity index (χ4n) is 4.05. The van der Waals surface area contributed by atoms with Gasteiger partial charge in [0.25, 0.3) is 11.1 Å². The van der Waals surface area contributed by atoms with Crippen LogP contribution in [0.3, 0.4) is 0 Å². The second-order valence-electron chi connectivity index (χ2n) is 7.69. The number of hydrogen-bond acceptors (Lipinski definition) is 4. The molecule has 7 nitrogen and oxygen atoms in total. The van der Waals surface area contributed by atoms with Gasteiger partial charge in [-0.2, -0.15) is 0 Å². The first-order valence-electron chi connectivity index (χ1n) is 10.2. The minimum atomic E-state index is -0.0466. The van der Waals surface area contributed by atoms with Crippen LogP contribution in [0.15, 0.2) is 39.9 Å². The van der Waals surface area contributed by atoms with E-state index < -0.39 is 0 Å². The second kappa shape index (κ2) is 7.83. The maximum absolute atomic E-state index is 13.1. The fraction of sp³-hybridized carbons (Fsp3) is 0.409. The average molecular weight is 393 g/mol. The molecule has 0 saturated carbocycles. The molecule has 0 spiro atoms. The highest BCUT2D eigenvalue weighted by molar-refractivity contribution is 5.33. The molecular weight excluding hydrogens is 366 g/mol. The van der Waals surface area contributed by atoms with Crippen LogP contribution in [-0.4, -0.2) is 30.8 Å². The Labute approximate surface area is 169 Å². The highest BCUT2D eigenvalue weighted by Crippen LogP contribution is 2.18. The molecule has 3 aromatic rings. The van der Waals surface area contributed by atoms with E-state index in [-0.39, 0.29) is 11.1 Å². The number of aromatic nitrogens is 4. The Kier molecular flexibility index (Phi) is 5.24. The van der Waals surface area contributed by atoms with E-state index in [4.69, 9.17) is 0 Å². The molecule has 0 fully saturated rings. The molecule has 0 unspecified atom stereocenters. The summed E-state index contributed by atoms with van der Waals surface area (Å²) in [6, 6.07) is 9.66. The Morgan fingerprint density at radius 1 is 1.17 bits per heavy atom. The van der Waals surface area contributed by atoms with Gasteiger partial charge in [0.15, 0.2) is 0 Å². The molecule has 152 valence electrons. The molecule has 0 atom stereocenters. The quantitative estimate of drug-likeness (QED) is 0.720. The van der Waals surface area contributed by atoms with E-state index in [0.29, 0.717) is 13.1 Å². The van der Waals surface area contributed by atoms with Crippen LogP contribution in [0.25, 0.3) is 5.69 Å².